The Morgan fingerprint density at radius 2 is 2.25 bits per heavy atom. The number of allylic oxidation sites excluding steroid dienone is 1. The van der Waals surface area contributed by atoms with Crippen molar-refractivity contribution in [1.82, 2.24) is 0 Å². The highest BCUT2D eigenvalue weighted by Gasteiger charge is 1.47. The fourth-order valence-corrected chi connectivity index (χ4v) is 0. The number of hydrogen-bond acceptors (Lipinski definition) is 0. The Hall–Kier alpha value is 0.272. The van der Waals surface area contributed by atoms with Crippen LogP contribution in [0.15, 0.2) is 12.7 Å². The molecule has 0 nitrogen and oxygen atoms in total. The summed E-state index contributed by atoms with van der Waals surface area (Å²) in [7, 11) is 0. The highest BCUT2D eigenvalue weighted by molar-refractivity contribution is 6.09. The summed E-state index contributed by atoms with van der Waals surface area (Å²) in [5.74, 6) is 0. The van der Waals surface area contributed by atoms with E-state index in [0.29, 0.717) is 0 Å². The third kappa shape index (κ3) is 2.27. The molecule has 0 spiro atoms. The molecule has 0 aromatic carbocycles. The van der Waals surface area contributed by atoms with Crippen LogP contribution in [0.4, 0.5) is 0 Å². The van der Waals surface area contributed by atoms with E-state index in [1.807, 2.05) is 22.4 Å². The monoisotopic (exact) mass is 69.0 g/mol. The van der Waals surface area contributed by atoms with Crippen molar-refractivity contribution in [3.8, 4) is 0 Å². The third-order valence-electron chi connectivity index (χ3n) is 0.204. The minimum atomic E-state index is 1.11. The predicted octanol–water partition coefficient (Wildman–Crippen LogP) is 0.491. The van der Waals surface area contributed by atoms with Crippen molar-refractivity contribution < 1.29 is 0 Å². The molecule has 0 aliphatic carbocycles. The average molecular weight is 69.1 g/mol. The van der Waals surface area contributed by atoms with Gasteiger partial charge in [0, 0.05) is 0 Å². The van der Waals surface area contributed by atoms with Crippen LogP contribution in [0.5, 0.6) is 0 Å². The molecule has 0 N–H and O–H groups in total. The molecule has 21 valence electrons. The van der Waals surface area contributed by atoms with E-state index < -0.39 is 0 Å². The van der Waals surface area contributed by atoms with Gasteiger partial charge in [0.15, 0.2) is 16.3 Å². The van der Waals surface area contributed by atoms with Crippen LogP contribution in [-0.2, 0) is 0 Å². The van der Waals surface area contributed by atoms with E-state index >= 15 is 0 Å². The summed E-state index contributed by atoms with van der Waals surface area (Å²) in [5.41, 5.74) is 0. The lowest BCUT2D eigenvalue weighted by Crippen LogP contribution is -1.47. The molecule has 0 saturated carbocycles. The van der Waals surface area contributed by atoms with Crippen LogP contribution >= 0.6 is 0 Å². The maximum atomic E-state index is 3.49. The van der Waals surface area contributed by atoms with Crippen LogP contribution in [-0.4, -0.2) is 16.3 Å². The minimum absolute atomic E-state index is 1.11. The topological polar surface area (TPSA) is 0 Å². The summed E-state index contributed by atoms with van der Waals surface area (Å²) in [6, 6.07) is 0. The molecule has 1 radical (unpaired) electrons. The van der Waals surface area contributed by atoms with Gasteiger partial charge >= 0.3 is 0 Å². The first-order valence-electron chi connectivity index (χ1n) is 1.32. The lowest BCUT2D eigenvalue weighted by atomic mass is 10.8. The van der Waals surface area contributed by atoms with Gasteiger partial charge in [-0.05, 0) is 0 Å². The van der Waals surface area contributed by atoms with E-state index in [1.165, 1.54) is 0 Å². The minimum Gasteiger partial charge on any atom is -0.106 e. The lowest BCUT2D eigenvalue weighted by molar-refractivity contribution is 1.76. The molecule has 0 heterocycles. The smallest absolute Gasteiger partial charge is 0.106 e. The van der Waals surface area contributed by atoms with Gasteiger partial charge in [-0.2, -0.15) is 0 Å². The zero-order chi connectivity index (χ0) is 3.41. The van der Waals surface area contributed by atoms with E-state index in [9.17, 15) is 0 Å². The van der Waals surface area contributed by atoms with Gasteiger partial charge in [0.05, 0.1) is 0 Å². The molecule has 0 atom stereocenters. The zero-order valence-corrected chi connectivity index (χ0v) is 4.11. The van der Waals surface area contributed by atoms with Gasteiger partial charge in [0.25, 0.3) is 0 Å². The Morgan fingerprint density at radius 3 is 2.25 bits per heavy atom. The SMILES string of the molecule is C=C[CH2][AlH]. The molecule has 0 unspecified atom stereocenters. The fourth-order valence-electron chi connectivity index (χ4n) is 0. The molecule has 0 rings (SSSR count). The second-order valence-electron chi connectivity index (χ2n) is 0.577. The van der Waals surface area contributed by atoms with Crippen LogP contribution in [0.25, 0.3) is 0 Å². The van der Waals surface area contributed by atoms with Gasteiger partial charge in [0.1, 0.15) is 0 Å². The van der Waals surface area contributed by atoms with Gasteiger partial charge in [-0.25, -0.2) is 0 Å². The Morgan fingerprint density at radius 1 is 2.00 bits per heavy atom. The first-order chi connectivity index (χ1) is 1.91. The Kier molecular flexibility index (Phi) is 3.50. The average Bonchev–Trinajstić information content (AvgIpc) is 1.37. The summed E-state index contributed by atoms with van der Waals surface area (Å²) < 4.78 is 0. The van der Waals surface area contributed by atoms with Crippen molar-refractivity contribution in [1.29, 1.82) is 0 Å². The summed E-state index contributed by atoms with van der Waals surface area (Å²) in [6.07, 6.45) is 1.89. The maximum absolute atomic E-state index is 3.49. The zero-order valence-electron chi connectivity index (χ0n) is 2.70. The number of rotatable bonds is 1. The standard InChI is InChI=1S/C3H5.Al.H/c1-3-2;;/h3H,1-2H2;;. The maximum Gasteiger partial charge on any atom is 0.179 e. The molecule has 0 aliphatic heterocycles. The van der Waals surface area contributed by atoms with Gasteiger partial charge < -0.3 is 0 Å². The van der Waals surface area contributed by atoms with Crippen molar-refractivity contribution in [2.75, 3.05) is 0 Å². The summed E-state index contributed by atoms with van der Waals surface area (Å²) in [4.78, 5) is 0. The molecule has 0 aromatic heterocycles. The molecule has 0 aromatic rings. The van der Waals surface area contributed by atoms with Crippen molar-refractivity contribution in [3.05, 3.63) is 12.7 Å². The van der Waals surface area contributed by atoms with Gasteiger partial charge in [0.2, 0.25) is 0 Å². The normalized spacial score (nSPS) is 6.00. The molecule has 0 saturated heterocycles. The largest absolute Gasteiger partial charge is 0.179 e. The van der Waals surface area contributed by atoms with E-state index in [0.717, 1.165) is 5.28 Å². The van der Waals surface area contributed by atoms with Crippen molar-refractivity contribution in [2.24, 2.45) is 0 Å². The van der Waals surface area contributed by atoms with Crippen LogP contribution in [0, 0.1) is 0 Å². The molecule has 4 heavy (non-hydrogen) atoms. The van der Waals surface area contributed by atoms with E-state index in [4.69, 9.17) is 0 Å². The predicted molar refractivity (Wildman–Crippen MR) is 22.2 cm³/mol. The van der Waals surface area contributed by atoms with Gasteiger partial charge in [-0.3, -0.25) is 0 Å². The summed E-state index contributed by atoms with van der Waals surface area (Å²) in [5, 5.41) is 1.11. The van der Waals surface area contributed by atoms with Gasteiger partial charge in [-0.15, -0.1) is 12.7 Å². The fraction of sp³-hybridized carbons (Fsp3) is 0.333. The van der Waals surface area contributed by atoms with Gasteiger partial charge in [-0.1, -0.05) is 5.28 Å². The first kappa shape index (κ1) is 4.27. The summed E-state index contributed by atoms with van der Waals surface area (Å²) >= 11 is 1.90. The molecule has 0 aliphatic rings. The first-order valence-corrected chi connectivity index (χ1v) is 2.32. The number of hydrogen-bond donors (Lipinski definition) is 0. The van der Waals surface area contributed by atoms with Crippen molar-refractivity contribution >= 4 is 16.3 Å². The summed E-state index contributed by atoms with van der Waals surface area (Å²) in [6.45, 7) is 3.49. The molecular weight excluding hydrogens is 63.0 g/mol. The second-order valence-corrected chi connectivity index (χ2v) is 1.15. The van der Waals surface area contributed by atoms with Crippen LogP contribution < -0.4 is 0 Å². The molecular formula is C3H6Al. The molecule has 0 bridgehead atoms. The Balaban J connectivity index is 2.30. The third-order valence-corrected chi connectivity index (χ3v) is 0.612. The van der Waals surface area contributed by atoms with E-state index in [2.05, 4.69) is 6.58 Å². The molecule has 0 fully saturated rings. The highest BCUT2D eigenvalue weighted by atomic mass is 27.0. The highest BCUT2D eigenvalue weighted by Crippen LogP contribution is 1.61. The van der Waals surface area contributed by atoms with Crippen LogP contribution in [0.2, 0.25) is 5.28 Å². The Labute approximate surface area is 34.9 Å². The van der Waals surface area contributed by atoms with Crippen LogP contribution in [0.3, 0.4) is 0 Å². The van der Waals surface area contributed by atoms with E-state index in [-0.39, 0.29) is 0 Å². The Bertz CT molecular complexity index is 17.2. The lowest BCUT2D eigenvalue weighted by Gasteiger charge is -1.56. The second kappa shape index (κ2) is 3.27. The van der Waals surface area contributed by atoms with Crippen molar-refractivity contribution in [2.45, 2.75) is 5.28 Å². The van der Waals surface area contributed by atoms with Crippen molar-refractivity contribution in [3.63, 3.8) is 0 Å². The van der Waals surface area contributed by atoms with E-state index in [1.54, 1.807) is 0 Å². The molecule has 1 heteroatoms. The quantitative estimate of drug-likeness (QED) is 0.310. The molecule has 0 amide bonds. The van der Waals surface area contributed by atoms with Crippen LogP contribution in [0.1, 0.15) is 0 Å².